The normalized spacial score (nSPS) is 12.3. The lowest BCUT2D eigenvalue weighted by Crippen LogP contribution is -2.34. The van der Waals surface area contributed by atoms with Gasteiger partial charge in [-0.2, -0.15) is 0 Å². The van der Waals surface area contributed by atoms with E-state index >= 15 is 0 Å². The van der Waals surface area contributed by atoms with E-state index in [-0.39, 0.29) is 31.5 Å². The van der Waals surface area contributed by atoms with Gasteiger partial charge in [0.1, 0.15) is 25.8 Å². The molecule has 0 aliphatic carbocycles. The summed E-state index contributed by atoms with van der Waals surface area (Å²) in [5.74, 6) is -1.52. The largest absolute Gasteiger partial charge is 0.460 e. The van der Waals surface area contributed by atoms with Gasteiger partial charge in [0.25, 0.3) is 0 Å². The number of amides is 2. The van der Waals surface area contributed by atoms with Crippen LogP contribution in [0.2, 0.25) is 0 Å². The number of allylic oxidation sites excluding steroid dienone is 8. The van der Waals surface area contributed by atoms with E-state index in [0.717, 1.165) is 89.9 Å². The zero-order valence-electron chi connectivity index (χ0n) is 32.7. The van der Waals surface area contributed by atoms with E-state index in [1.807, 2.05) is 0 Å². The Hall–Kier alpha value is -3.16. The zero-order chi connectivity index (χ0) is 37.5. The Bertz CT molecular complexity index is 987. The molecule has 2 N–H and O–H groups in total. The van der Waals surface area contributed by atoms with Crippen molar-refractivity contribution in [3.63, 3.8) is 0 Å². The maximum absolute atomic E-state index is 12.1. The number of nitrogens with one attached hydrogen (secondary N) is 2. The summed E-state index contributed by atoms with van der Waals surface area (Å²) in [5.41, 5.74) is 0. The first-order valence-electron chi connectivity index (χ1n) is 20.4. The highest BCUT2D eigenvalue weighted by atomic mass is 16.6. The molecule has 0 rings (SSSR count). The molecule has 0 saturated carbocycles. The molecule has 292 valence electrons. The number of hydrogen-bond donors (Lipinski definition) is 2. The van der Waals surface area contributed by atoms with E-state index in [9.17, 15) is 19.2 Å². The molecule has 0 spiro atoms. The molecule has 0 bridgehead atoms. The lowest BCUT2D eigenvalue weighted by Gasteiger charge is -2.14. The first kappa shape index (κ1) is 47.8. The predicted octanol–water partition coefficient (Wildman–Crippen LogP) is 10.3. The Morgan fingerprint density at radius 1 is 0.490 bits per heavy atom. The highest BCUT2D eigenvalue weighted by molar-refractivity contribution is 5.82. The van der Waals surface area contributed by atoms with Crippen LogP contribution in [0, 0.1) is 0 Å². The van der Waals surface area contributed by atoms with Crippen LogP contribution in [0.1, 0.15) is 175 Å². The van der Waals surface area contributed by atoms with Gasteiger partial charge in [-0.25, -0.2) is 0 Å². The SMILES string of the molecule is CCCCC/C=C\C/C=C\CCCCCCCC(=O)NCC(=O)OCC(C)OC(=O)CNC(=O)CCCCCCC/C=C\C/C=C\CCCCC. The summed E-state index contributed by atoms with van der Waals surface area (Å²) in [6.07, 6.45) is 42.8. The Morgan fingerprint density at radius 2 is 0.863 bits per heavy atom. The van der Waals surface area contributed by atoms with Gasteiger partial charge in [0.05, 0.1) is 0 Å². The predicted molar refractivity (Wildman–Crippen MR) is 211 cm³/mol. The van der Waals surface area contributed by atoms with Crippen LogP contribution in [-0.4, -0.2) is 49.6 Å². The molecule has 0 fully saturated rings. The highest BCUT2D eigenvalue weighted by Crippen LogP contribution is 2.10. The van der Waals surface area contributed by atoms with Crippen molar-refractivity contribution in [2.24, 2.45) is 0 Å². The smallest absolute Gasteiger partial charge is 0.325 e. The van der Waals surface area contributed by atoms with Gasteiger partial charge >= 0.3 is 11.9 Å². The van der Waals surface area contributed by atoms with Crippen LogP contribution in [0.25, 0.3) is 0 Å². The molecule has 0 aliphatic heterocycles. The van der Waals surface area contributed by atoms with E-state index in [0.29, 0.717) is 12.8 Å². The number of hydrogen-bond acceptors (Lipinski definition) is 6. The molecule has 2 amide bonds. The number of rotatable bonds is 35. The van der Waals surface area contributed by atoms with Gasteiger partial charge in [0.15, 0.2) is 0 Å². The Morgan fingerprint density at radius 3 is 1.29 bits per heavy atom. The molecule has 1 unspecified atom stereocenters. The number of carbonyl (C=O) groups excluding carboxylic acids is 4. The van der Waals surface area contributed by atoms with Crippen molar-refractivity contribution in [2.75, 3.05) is 19.7 Å². The van der Waals surface area contributed by atoms with Crippen molar-refractivity contribution in [1.29, 1.82) is 0 Å². The van der Waals surface area contributed by atoms with Crippen molar-refractivity contribution in [2.45, 2.75) is 181 Å². The van der Waals surface area contributed by atoms with Gasteiger partial charge in [-0.1, -0.05) is 127 Å². The van der Waals surface area contributed by atoms with E-state index in [2.05, 4.69) is 73.1 Å². The van der Waals surface area contributed by atoms with Gasteiger partial charge in [0, 0.05) is 12.8 Å². The topological polar surface area (TPSA) is 111 Å². The van der Waals surface area contributed by atoms with Crippen LogP contribution in [0.3, 0.4) is 0 Å². The summed E-state index contributed by atoms with van der Waals surface area (Å²) >= 11 is 0. The highest BCUT2D eigenvalue weighted by Gasteiger charge is 2.14. The molecular weight excluding hydrogens is 640 g/mol. The molecule has 51 heavy (non-hydrogen) atoms. The average Bonchev–Trinajstić information content (AvgIpc) is 3.12. The van der Waals surface area contributed by atoms with E-state index in [1.54, 1.807) is 6.92 Å². The fourth-order valence-corrected chi connectivity index (χ4v) is 5.27. The van der Waals surface area contributed by atoms with Gasteiger partial charge in [0.2, 0.25) is 11.8 Å². The first-order chi connectivity index (χ1) is 24.9. The molecule has 0 saturated heterocycles. The number of esters is 2. The molecule has 1 atom stereocenters. The van der Waals surface area contributed by atoms with Crippen molar-refractivity contribution in [3.05, 3.63) is 48.6 Å². The molecule has 0 aromatic rings. The second-order valence-corrected chi connectivity index (χ2v) is 13.5. The van der Waals surface area contributed by atoms with Crippen molar-refractivity contribution < 1.29 is 28.7 Å². The zero-order valence-corrected chi connectivity index (χ0v) is 32.7. The standard InChI is InChI=1S/C43H74N2O6/c1-4-6-8-10-12-14-16-18-20-22-24-26-28-30-32-34-40(46)44-36-42(48)50-38-39(3)51-43(49)37-45-41(47)35-33-31-29-27-25-23-21-19-17-15-13-11-9-7-5-2/h12-15,18-21,39H,4-11,16-17,22-38H2,1-3H3,(H,44,46)(H,45,47)/b14-12-,15-13-,20-18-,21-19-. The summed E-state index contributed by atoms with van der Waals surface area (Å²) in [7, 11) is 0. The molecule has 0 aromatic carbocycles. The summed E-state index contributed by atoms with van der Waals surface area (Å²) in [6, 6.07) is 0. The number of carbonyl (C=O) groups is 4. The number of unbranched alkanes of at least 4 members (excludes halogenated alkanes) is 16. The number of ether oxygens (including phenoxy) is 2. The third-order valence-electron chi connectivity index (χ3n) is 8.38. The lowest BCUT2D eigenvalue weighted by atomic mass is 10.1. The summed E-state index contributed by atoms with van der Waals surface area (Å²) < 4.78 is 10.3. The average molecular weight is 715 g/mol. The summed E-state index contributed by atoms with van der Waals surface area (Å²) in [5, 5.41) is 5.18. The van der Waals surface area contributed by atoms with Crippen LogP contribution >= 0.6 is 0 Å². The maximum Gasteiger partial charge on any atom is 0.325 e. The maximum atomic E-state index is 12.1. The fraction of sp³-hybridized carbons (Fsp3) is 0.721. The van der Waals surface area contributed by atoms with E-state index < -0.39 is 18.0 Å². The Labute approximate surface area is 311 Å². The van der Waals surface area contributed by atoms with Crippen LogP contribution in [0.5, 0.6) is 0 Å². The molecule has 8 nitrogen and oxygen atoms in total. The van der Waals surface area contributed by atoms with Crippen molar-refractivity contribution in [3.8, 4) is 0 Å². The quantitative estimate of drug-likeness (QED) is 0.0384. The second kappa shape index (κ2) is 38.1. The van der Waals surface area contributed by atoms with Crippen LogP contribution in [0.15, 0.2) is 48.6 Å². The minimum Gasteiger partial charge on any atom is -0.460 e. The molecule has 0 radical (unpaired) electrons. The van der Waals surface area contributed by atoms with Gasteiger partial charge in [-0.3, -0.25) is 19.2 Å². The van der Waals surface area contributed by atoms with Crippen molar-refractivity contribution in [1.82, 2.24) is 10.6 Å². The van der Waals surface area contributed by atoms with Gasteiger partial charge in [-0.05, 0) is 84.0 Å². The van der Waals surface area contributed by atoms with E-state index in [1.165, 1.54) is 51.4 Å². The van der Waals surface area contributed by atoms with Gasteiger partial charge < -0.3 is 20.1 Å². The first-order valence-corrected chi connectivity index (χ1v) is 20.4. The lowest BCUT2D eigenvalue weighted by molar-refractivity contribution is -0.157. The summed E-state index contributed by atoms with van der Waals surface area (Å²) in [6.45, 7) is 5.50. The van der Waals surface area contributed by atoms with Crippen molar-refractivity contribution >= 4 is 23.8 Å². The Kier molecular flexibility index (Phi) is 35.7. The van der Waals surface area contributed by atoms with E-state index in [4.69, 9.17) is 9.47 Å². The third kappa shape index (κ3) is 37.9. The minimum absolute atomic E-state index is 0.120. The Balaban J connectivity index is 3.67. The molecular formula is C43H74N2O6. The van der Waals surface area contributed by atoms with Crippen LogP contribution in [-0.2, 0) is 28.7 Å². The second-order valence-electron chi connectivity index (χ2n) is 13.5. The summed E-state index contributed by atoms with van der Waals surface area (Å²) in [4.78, 5) is 48.2. The monoisotopic (exact) mass is 715 g/mol. The molecule has 0 heterocycles. The van der Waals surface area contributed by atoms with Gasteiger partial charge in [-0.15, -0.1) is 0 Å². The molecule has 0 aromatic heterocycles. The fourth-order valence-electron chi connectivity index (χ4n) is 5.27. The third-order valence-corrected chi connectivity index (χ3v) is 8.38. The minimum atomic E-state index is -0.663. The molecule has 0 aliphatic rings. The molecule has 8 heteroatoms. The van der Waals surface area contributed by atoms with Crippen LogP contribution < -0.4 is 10.6 Å². The van der Waals surface area contributed by atoms with Crippen LogP contribution in [0.4, 0.5) is 0 Å².